The second-order valence-electron chi connectivity index (χ2n) is 7.48. The SMILES string of the molecule is CC(NC(=O)C(C)(C)C)C(=O)NCc1ccc(N2CCCC2=O)cc1. The molecule has 0 spiro atoms. The van der Waals surface area contributed by atoms with Crippen molar-refractivity contribution in [3.05, 3.63) is 29.8 Å². The van der Waals surface area contributed by atoms with Gasteiger partial charge in [0.1, 0.15) is 6.04 Å². The maximum Gasteiger partial charge on any atom is 0.242 e. The van der Waals surface area contributed by atoms with E-state index in [-0.39, 0.29) is 17.7 Å². The standard InChI is InChI=1S/C19H27N3O3/c1-13(21-18(25)19(2,3)4)17(24)20-12-14-7-9-15(10-8-14)22-11-5-6-16(22)23/h7-10,13H,5-6,11-12H2,1-4H3,(H,20,24)(H,21,25). The molecule has 1 aromatic carbocycles. The van der Waals surface area contributed by atoms with Gasteiger partial charge in [0.2, 0.25) is 17.7 Å². The van der Waals surface area contributed by atoms with Crippen LogP contribution in [-0.4, -0.2) is 30.3 Å². The van der Waals surface area contributed by atoms with Gasteiger partial charge in [-0.1, -0.05) is 32.9 Å². The van der Waals surface area contributed by atoms with E-state index in [9.17, 15) is 14.4 Å². The summed E-state index contributed by atoms with van der Waals surface area (Å²) in [6.07, 6.45) is 1.50. The molecule has 1 aliphatic rings. The Morgan fingerprint density at radius 1 is 1.20 bits per heavy atom. The summed E-state index contributed by atoms with van der Waals surface area (Å²) < 4.78 is 0. The largest absolute Gasteiger partial charge is 0.350 e. The Labute approximate surface area is 149 Å². The lowest BCUT2D eigenvalue weighted by Crippen LogP contribution is -2.48. The predicted molar refractivity (Wildman–Crippen MR) is 96.9 cm³/mol. The van der Waals surface area contributed by atoms with Gasteiger partial charge in [0.05, 0.1) is 0 Å². The number of anilines is 1. The highest BCUT2D eigenvalue weighted by Crippen LogP contribution is 2.21. The second kappa shape index (κ2) is 7.68. The number of nitrogens with one attached hydrogen (secondary N) is 2. The predicted octanol–water partition coefficient (Wildman–Crippen LogP) is 1.98. The Hall–Kier alpha value is -2.37. The Kier molecular flexibility index (Phi) is 5.82. The van der Waals surface area contributed by atoms with Crippen molar-refractivity contribution in [1.29, 1.82) is 0 Å². The number of hydrogen-bond donors (Lipinski definition) is 2. The Morgan fingerprint density at radius 2 is 1.84 bits per heavy atom. The molecule has 136 valence electrons. The Bertz CT molecular complexity index is 647. The molecule has 0 aliphatic carbocycles. The lowest BCUT2D eigenvalue weighted by atomic mass is 9.95. The molecular formula is C19H27N3O3. The molecule has 1 saturated heterocycles. The third-order valence-electron chi connectivity index (χ3n) is 4.21. The van der Waals surface area contributed by atoms with Gasteiger partial charge in [0.15, 0.2) is 0 Å². The number of nitrogens with zero attached hydrogens (tertiary/aromatic N) is 1. The first kappa shape index (κ1) is 19.0. The van der Waals surface area contributed by atoms with Crippen LogP contribution in [0.5, 0.6) is 0 Å². The molecule has 2 rings (SSSR count). The summed E-state index contributed by atoms with van der Waals surface area (Å²) in [4.78, 5) is 37.6. The van der Waals surface area contributed by atoms with Crippen molar-refractivity contribution in [3.63, 3.8) is 0 Å². The first-order valence-corrected chi connectivity index (χ1v) is 8.66. The van der Waals surface area contributed by atoms with E-state index in [0.29, 0.717) is 13.0 Å². The number of carbonyl (C=O) groups excluding carboxylic acids is 3. The molecular weight excluding hydrogens is 318 g/mol. The highest BCUT2D eigenvalue weighted by molar-refractivity contribution is 5.95. The minimum absolute atomic E-state index is 0.157. The topological polar surface area (TPSA) is 78.5 Å². The van der Waals surface area contributed by atoms with Gasteiger partial charge in [-0.05, 0) is 31.0 Å². The molecule has 1 fully saturated rings. The smallest absolute Gasteiger partial charge is 0.242 e. The van der Waals surface area contributed by atoms with Crippen molar-refractivity contribution in [3.8, 4) is 0 Å². The van der Waals surface area contributed by atoms with E-state index in [2.05, 4.69) is 10.6 Å². The van der Waals surface area contributed by atoms with Gasteiger partial charge in [0, 0.05) is 30.6 Å². The highest BCUT2D eigenvalue weighted by atomic mass is 16.2. The zero-order valence-corrected chi connectivity index (χ0v) is 15.4. The molecule has 1 aromatic rings. The fraction of sp³-hybridized carbons (Fsp3) is 0.526. The molecule has 1 unspecified atom stereocenters. The monoisotopic (exact) mass is 345 g/mol. The highest BCUT2D eigenvalue weighted by Gasteiger charge is 2.25. The molecule has 2 N–H and O–H groups in total. The van der Waals surface area contributed by atoms with E-state index in [1.165, 1.54) is 0 Å². The first-order chi connectivity index (χ1) is 11.7. The molecule has 6 heteroatoms. The summed E-state index contributed by atoms with van der Waals surface area (Å²) >= 11 is 0. The van der Waals surface area contributed by atoms with Crippen LogP contribution < -0.4 is 15.5 Å². The van der Waals surface area contributed by atoms with Crippen molar-refractivity contribution in [1.82, 2.24) is 10.6 Å². The van der Waals surface area contributed by atoms with E-state index in [0.717, 1.165) is 24.2 Å². The fourth-order valence-electron chi connectivity index (χ4n) is 2.54. The molecule has 0 saturated carbocycles. The summed E-state index contributed by atoms with van der Waals surface area (Å²) in [5, 5.41) is 5.53. The average Bonchev–Trinajstić information content (AvgIpc) is 2.98. The molecule has 3 amide bonds. The summed E-state index contributed by atoms with van der Waals surface area (Å²) in [6.45, 7) is 8.22. The van der Waals surface area contributed by atoms with Crippen molar-refractivity contribution in [2.75, 3.05) is 11.4 Å². The lowest BCUT2D eigenvalue weighted by Gasteiger charge is -2.21. The molecule has 0 radical (unpaired) electrons. The van der Waals surface area contributed by atoms with Crippen molar-refractivity contribution >= 4 is 23.4 Å². The lowest BCUT2D eigenvalue weighted by molar-refractivity contribution is -0.133. The van der Waals surface area contributed by atoms with Gasteiger partial charge in [-0.15, -0.1) is 0 Å². The van der Waals surface area contributed by atoms with Gasteiger partial charge in [-0.2, -0.15) is 0 Å². The number of hydrogen-bond acceptors (Lipinski definition) is 3. The second-order valence-corrected chi connectivity index (χ2v) is 7.48. The molecule has 0 aromatic heterocycles. The van der Waals surface area contributed by atoms with Crippen LogP contribution in [0.4, 0.5) is 5.69 Å². The molecule has 6 nitrogen and oxygen atoms in total. The van der Waals surface area contributed by atoms with Crippen LogP contribution in [-0.2, 0) is 20.9 Å². The van der Waals surface area contributed by atoms with E-state index in [4.69, 9.17) is 0 Å². The van der Waals surface area contributed by atoms with Crippen LogP contribution in [0.2, 0.25) is 0 Å². The van der Waals surface area contributed by atoms with E-state index in [1.807, 2.05) is 24.3 Å². The number of amides is 3. The first-order valence-electron chi connectivity index (χ1n) is 8.66. The van der Waals surface area contributed by atoms with Gasteiger partial charge in [0.25, 0.3) is 0 Å². The van der Waals surface area contributed by atoms with Crippen molar-refractivity contribution in [2.24, 2.45) is 5.41 Å². The fourth-order valence-corrected chi connectivity index (χ4v) is 2.54. The molecule has 0 bridgehead atoms. The van der Waals surface area contributed by atoms with Crippen molar-refractivity contribution < 1.29 is 14.4 Å². The third-order valence-corrected chi connectivity index (χ3v) is 4.21. The summed E-state index contributed by atoms with van der Waals surface area (Å²) in [5.74, 6) is -0.226. The van der Waals surface area contributed by atoms with Crippen LogP contribution in [0.1, 0.15) is 46.1 Å². The average molecular weight is 345 g/mol. The number of benzene rings is 1. The zero-order valence-electron chi connectivity index (χ0n) is 15.4. The molecule has 1 heterocycles. The molecule has 1 atom stereocenters. The molecule has 1 aliphatic heterocycles. The number of carbonyl (C=O) groups is 3. The summed E-state index contributed by atoms with van der Waals surface area (Å²) in [6, 6.07) is 7.01. The summed E-state index contributed by atoms with van der Waals surface area (Å²) in [5.41, 5.74) is 1.30. The van der Waals surface area contributed by atoms with Crippen LogP contribution in [0, 0.1) is 5.41 Å². The van der Waals surface area contributed by atoms with Gasteiger partial charge in [-0.3, -0.25) is 14.4 Å². The molecule has 25 heavy (non-hydrogen) atoms. The van der Waals surface area contributed by atoms with Gasteiger partial charge < -0.3 is 15.5 Å². The third kappa shape index (κ3) is 5.05. The van der Waals surface area contributed by atoms with Gasteiger partial charge >= 0.3 is 0 Å². The van der Waals surface area contributed by atoms with Crippen molar-refractivity contribution in [2.45, 2.75) is 53.1 Å². The Morgan fingerprint density at radius 3 is 2.36 bits per heavy atom. The zero-order chi connectivity index (χ0) is 18.6. The van der Waals surface area contributed by atoms with Crippen LogP contribution >= 0.6 is 0 Å². The Balaban J connectivity index is 1.85. The van der Waals surface area contributed by atoms with Crippen LogP contribution in [0.15, 0.2) is 24.3 Å². The van der Waals surface area contributed by atoms with E-state index in [1.54, 1.807) is 32.6 Å². The maximum absolute atomic E-state index is 12.1. The van der Waals surface area contributed by atoms with E-state index >= 15 is 0 Å². The number of rotatable bonds is 5. The summed E-state index contributed by atoms with van der Waals surface area (Å²) in [7, 11) is 0. The maximum atomic E-state index is 12.1. The van der Waals surface area contributed by atoms with Gasteiger partial charge in [-0.25, -0.2) is 0 Å². The van der Waals surface area contributed by atoms with Crippen LogP contribution in [0.3, 0.4) is 0 Å². The van der Waals surface area contributed by atoms with Crippen LogP contribution in [0.25, 0.3) is 0 Å². The normalized spacial score (nSPS) is 15.8. The minimum atomic E-state index is -0.590. The minimum Gasteiger partial charge on any atom is -0.350 e. The van der Waals surface area contributed by atoms with E-state index < -0.39 is 11.5 Å². The quantitative estimate of drug-likeness (QED) is 0.856.